The van der Waals surface area contributed by atoms with Crippen LogP contribution in [-0.4, -0.2) is 28.0 Å². The molecule has 6 nitrogen and oxygen atoms in total. The summed E-state index contributed by atoms with van der Waals surface area (Å²) in [5.74, 6) is 0.276. The van der Waals surface area contributed by atoms with Gasteiger partial charge in [-0.1, -0.05) is 60.0 Å². The molecule has 1 N–H and O–H groups in total. The van der Waals surface area contributed by atoms with Gasteiger partial charge in [0.1, 0.15) is 12.3 Å². The summed E-state index contributed by atoms with van der Waals surface area (Å²) in [7, 11) is -2.51. The number of halogens is 2. The molecule has 9 heteroatoms. The highest BCUT2D eigenvalue weighted by molar-refractivity contribution is 7.92. The van der Waals surface area contributed by atoms with Crippen LogP contribution in [0.5, 0.6) is 5.75 Å². The monoisotopic (exact) mass is 534 g/mol. The third-order valence-corrected chi connectivity index (χ3v) is 7.97. The SMILES string of the molecule is CC[C@H](NC(=O)CN(c1cc(Cl)ccc1Cl)S(=O)(=O)c1ccc(C)cc1)c1ccc(OC)c(C)c1. The Morgan fingerprint density at radius 1 is 1.03 bits per heavy atom. The largest absolute Gasteiger partial charge is 0.496 e. The van der Waals surface area contributed by atoms with Crippen molar-refractivity contribution < 1.29 is 17.9 Å². The molecule has 0 unspecified atom stereocenters. The van der Waals surface area contributed by atoms with Crippen LogP contribution in [0, 0.1) is 13.8 Å². The fourth-order valence-electron chi connectivity index (χ4n) is 3.72. The number of nitrogens with zero attached hydrogens (tertiary/aromatic N) is 1. The van der Waals surface area contributed by atoms with Crippen LogP contribution in [-0.2, 0) is 14.8 Å². The van der Waals surface area contributed by atoms with Gasteiger partial charge in [0.15, 0.2) is 0 Å². The van der Waals surface area contributed by atoms with Crippen LogP contribution in [0.1, 0.15) is 36.1 Å². The van der Waals surface area contributed by atoms with E-state index >= 15 is 0 Å². The number of amides is 1. The number of carbonyl (C=O) groups excluding carboxylic acids is 1. The first-order chi connectivity index (χ1) is 16.6. The summed E-state index contributed by atoms with van der Waals surface area (Å²) in [4.78, 5) is 13.2. The van der Waals surface area contributed by atoms with Crippen molar-refractivity contribution in [3.8, 4) is 5.75 Å². The Balaban J connectivity index is 1.95. The minimum atomic E-state index is -4.12. The highest BCUT2D eigenvalue weighted by Crippen LogP contribution is 2.33. The van der Waals surface area contributed by atoms with E-state index in [9.17, 15) is 13.2 Å². The summed E-state index contributed by atoms with van der Waals surface area (Å²) in [6.07, 6.45) is 0.611. The zero-order valence-corrected chi connectivity index (χ0v) is 22.3. The Morgan fingerprint density at radius 2 is 1.71 bits per heavy atom. The number of ether oxygens (including phenoxy) is 1. The predicted molar refractivity (Wildman–Crippen MR) is 141 cm³/mol. The Hall–Kier alpha value is -2.74. The van der Waals surface area contributed by atoms with E-state index in [0.717, 1.165) is 26.7 Å². The molecule has 0 radical (unpaired) electrons. The van der Waals surface area contributed by atoms with Crippen LogP contribution in [0.15, 0.2) is 65.6 Å². The molecule has 0 aliphatic rings. The first-order valence-corrected chi connectivity index (χ1v) is 13.2. The van der Waals surface area contributed by atoms with Crippen molar-refractivity contribution >= 4 is 44.8 Å². The maximum Gasteiger partial charge on any atom is 0.264 e. The van der Waals surface area contributed by atoms with Gasteiger partial charge >= 0.3 is 0 Å². The van der Waals surface area contributed by atoms with Crippen LogP contribution in [0.4, 0.5) is 5.69 Å². The lowest BCUT2D eigenvalue weighted by atomic mass is 10.0. The molecule has 0 bridgehead atoms. The number of nitrogens with one attached hydrogen (secondary N) is 1. The zero-order valence-electron chi connectivity index (χ0n) is 20.0. The number of carbonyl (C=O) groups is 1. The van der Waals surface area contributed by atoms with Crippen LogP contribution in [0.2, 0.25) is 10.0 Å². The maximum atomic E-state index is 13.6. The van der Waals surface area contributed by atoms with Gasteiger partial charge in [0.2, 0.25) is 5.91 Å². The molecular weight excluding hydrogens is 507 g/mol. The quantitative estimate of drug-likeness (QED) is 0.360. The van der Waals surface area contributed by atoms with Crippen molar-refractivity contribution in [1.29, 1.82) is 0 Å². The van der Waals surface area contributed by atoms with Gasteiger partial charge in [-0.3, -0.25) is 9.10 Å². The molecule has 1 amide bonds. The smallest absolute Gasteiger partial charge is 0.264 e. The van der Waals surface area contributed by atoms with Crippen molar-refractivity contribution in [2.75, 3.05) is 18.0 Å². The fourth-order valence-corrected chi connectivity index (χ4v) is 5.59. The van der Waals surface area contributed by atoms with Crippen molar-refractivity contribution in [2.45, 2.75) is 38.1 Å². The van der Waals surface area contributed by atoms with Gasteiger partial charge in [0.05, 0.1) is 28.8 Å². The zero-order chi connectivity index (χ0) is 25.8. The standard InChI is InChI=1S/C26H28Cl2N2O4S/c1-5-23(19-8-13-25(34-4)18(3)14-19)29-26(31)16-30(24-15-20(27)9-12-22(24)28)35(32,33)21-10-6-17(2)7-11-21/h6-15,23H,5,16H2,1-4H3,(H,29,31)/t23-/m0/s1. The molecule has 3 aromatic rings. The molecule has 1 atom stereocenters. The van der Waals surface area contributed by atoms with E-state index in [2.05, 4.69) is 5.32 Å². The Kier molecular flexibility index (Phi) is 8.70. The number of aryl methyl sites for hydroxylation is 2. The molecule has 0 spiro atoms. The molecule has 186 valence electrons. The van der Waals surface area contributed by atoms with Gasteiger partial charge in [0.25, 0.3) is 10.0 Å². The van der Waals surface area contributed by atoms with Crippen molar-refractivity contribution in [1.82, 2.24) is 5.32 Å². The van der Waals surface area contributed by atoms with Gasteiger partial charge in [-0.15, -0.1) is 0 Å². The molecule has 3 rings (SSSR count). The van der Waals surface area contributed by atoms with Gasteiger partial charge in [0, 0.05) is 5.02 Å². The van der Waals surface area contributed by atoms with Crippen molar-refractivity contribution in [3.05, 3.63) is 87.4 Å². The summed E-state index contributed by atoms with van der Waals surface area (Å²) >= 11 is 12.5. The minimum absolute atomic E-state index is 0.0461. The number of sulfonamides is 1. The Bertz CT molecular complexity index is 1310. The first kappa shape index (κ1) is 26.9. The molecule has 0 heterocycles. The number of anilines is 1. The summed E-state index contributed by atoms with van der Waals surface area (Å²) in [5.41, 5.74) is 2.87. The van der Waals surface area contributed by atoms with Crippen LogP contribution >= 0.6 is 23.2 Å². The predicted octanol–water partition coefficient (Wildman–Crippen LogP) is 6.08. The van der Waals surface area contributed by atoms with E-state index in [1.165, 1.54) is 24.3 Å². The summed E-state index contributed by atoms with van der Waals surface area (Å²) in [6.45, 7) is 5.26. The van der Waals surface area contributed by atoms with Gasteiger partial charge in [-0.05, 0) is 67.8 Å². The molecule has 0 saturated carbocycles. The molecule has 0 aliphatic heterocycles. The summed E-state index contributed by atoms with van der Waals surface area (Å²) < 4.78 is 33.5. The van der Waals surface area contributed by atoms with Gasteiger partial charge in [-0.2, -0.15) is 0 Å². The maximum absolute atomic E-state index is 13.6. The average Bonchev–Trinajstić information content (AvgIpc) is 2.82. The van der Waals surface area contributed by atoms with Crippen LogP contribution in [0.3, 0.4) is 0 Å². The van der Waals surface area contributed by atoms with Gasteiger partial charge in [-0.25, -0.2) is 8.42 Å². The lowest BCUT2D eigenvalue weighted by molar-refractivity contribution is -0.120. The van der Waals surface area contributed by atoms with Crippen LogP contribution in [0.25, 0.3) is 0 Å². The van der Waals surface area contributed by atoms with Crippen LogP contribution < -0.4 is 14.4 Å². The molecule has 0 aliphatic carbocycles. The topological polar surface area (TPSA) is 75.7 Å². The fraction of sp³-hybridized carbons (Fsp3) is 0.269. The van der Waals surface area contributed by atoms with Gasteiger partial charge < -0.3 is 10.1 Å². The minimum Gasteiger partial charge on any atom is -0.496 e. The van der Waals surface area contributed by atoms with E-state index in [4.69, 9.17) is 27.9 Å². The van der Waals surface area contributed by atoms with E-state index in [0.29, 0.717) is 11.4 Å². The summed E-state index contributed by atoms with van der Waals surface area (Å²) in [6, 6.07) is 16.3. The number of hydrogen-bond acceptors (Lipinski definition) is 4. The molecule has 0 fully saturated rings. The van der Waals surface area contributed by atoms with E-state index in [-0.39, 0.29) is 21.6 Å². The number of benzene rings is 3. The first-order valence-electron chi connectivity index (χ1n) is 11.0. The average molecular weight is 535 g/mol. The molecule has 0 saturated heterocycles. The molecule has 0 aromatic heterocycles. The number of methoxy groups -OCH3 is 1. The van der Waals surface area contributed by atoms with E-state index in [1.54, 1.807) is 25.3 Å². The molecule has 35 heavy (non-hydrogen) atoms. The third kappa shape index (κ3) is 6.28. The Labute approximate surface area is 216 Å². The normalized spacial score (nSPS) is 12.2. The van der Waals surface area contributed by atoms with E-state index in [1.807, 2.05) is 39.0 Å². The summed E-state index contributed by atoms with van der Waals surface area (Å²) in [5, 5.41) is 3.42. The molecule has 3 aromatic carbocycles. The molecular formula is C26H28Cl2N2O4S. The second-order valence-corrected chi connectivity index (χ2v) is 10.9. The van der Waals surface area contributed by atoms with Crippen molar-refractivity contribution in [2.24, 2.45) is 0 Å². The second-order valence-electron chi connectivity index (χ2n) is 8.18. The lowest BCUT2D eigenvalue weighted by Gasteiger charge is -2.26. The van der Waals surface area contributed by atoms with Crippen molar-refractivity contribution in [3.63, 3.8) is 0 Å². The number of rotatable bonds is 9. The third-order valence-electron chi connectivity index (χ3n) is 5.64. The number of hydrogen-bond donors (Lipinski definition) is 1. The highest BCUT2D eigenvalue weighted by atomic mass is 35.5. The highest BCUT2D eigenvalue weighted by Gasteiger charge is 2.29. The van der Waals surface area contributed by atoms with E-state index < -0.39 is 22.5 Å². The Morgan fingerprint density at radius 3 is 2.31 bits per heavy atom. The lowest BCUT2D eigenvalue weighted by Crippen LogP contribution is -2.42. The second kappa shape index (κ2) is 11.3.